The van der Waals surface area contributed by atoms with Gasteiger partial charge in [-0.25, -0.2) is 0 Å². The summed E-state index contributed by atoms with van der Waals surface area (Å²) >= 11 is 1.56. The van der Waals surface area contributed by atoms with Crippen molar-refractivity contribution in [2.75, 3.05) is 18.4 Å². The summed E-state index contributed by atoms with van der Waals surface area (Å²) in [4.78, 5) is 15.4. The summed E-state index contributed by atoms with van der Waals surface area (Å²) in [5.74, 6) is 0.993. The Balaban J connectivity index is 1.62. The van der Waals surface area contributed by atoms with Crippen molar-refractivity contribution in [1.29, 1.82) is 0 Å². The molecule has 0 aliphatic rings. The molecule has 1 aromatic carbocycles. The SMILES string of the molecule is CCCN(CC(=O)Nc1ccccc1C)Cc1nnc(-c2cccs2)o1. The Bertz CT molecular complexity index is 845. The van der Waals surface area contributed by atoms with Gasteiger partial charge in [0.2, 0.25) is 11.8 Å². The van der Waals surface area contributed by atoms with Crippen LogP contribution in [0.2, 0.25) is 0 Å². The van der Waals surface area contributed by atoms with Gasteiger partial charge in [0, 0.05) is 5.69 Å². The van der Waals surface area contributed by atoms with Crippen molar-refractivity contribution in [3.63, 3.8) is 0 Å². The lowest BCUT2D eigenvalue weighted by Crippen LogP contribution is -2.33. The van der Waals surface area contributed by atoms with Crippen molar-refractivity contribution in [3.8, 4) is 10.8 Å². The lowest BCUT2D eigenvalue weighted by atomic mass is 10.2. The van der Waals surface area contributed by atoms with E-state index in [1.54, 1.807) is 11.3 Å². The van der Waals surface area contributed by atoms with Crippen LogP contribution in [0.5, 0.6) is 0 Å². The zero-order valence-electron chi connectivity index (χ0n) is 14.9. The van der Waals surface area contributed by atoms with Crippen LogP contribution in [0.3, 0.4) is 0 Å². The van der Waals surface area contributed by atoms with E-state index in [1.807, 2.05) is 53.6 Å². The first-order chi connectivity index (χ1) is 12.7. The first-order valence-electron chi connectivity index (χ1n) is 8.60. The fourth-order valence-corrected chi connectivity index (χ4v) is 3.29. The molecule has 0 atom stereocenters. The number of nitrogens with zero attached hydrogens (tertiary/aromatic N) is 3. The standard InChI is InChI=1S/C19H22N4O2S/c1-3-10-23(12-17(24)20-15-8-5-4-7-14(15)2)13-18-21-22-19(25-18)16-9-6-11-26-16/h4-9,11H,3,10,12-13H2,1-2H3,(H,20,24). The number of amides is 1. The van der Waals surface area contributed by atoms with Crippen LogP contribution in [0.15, 0.2) is 46.2 Å². The Morgan fingerprint density at radius 3 is 2.81 bits per heavy atom. The van der Waals surface area contributed by atoms with Crippen LogP contribution < -0.4 is 5.32 Å². The molecular weight excluding hydrogens is 348 g/mol. The molecule has 6 nitrogen and oxygen atoms in total. The van der Waals surface area contributed by atoms with Crippen LogP contribution >= 0.6 is 11.3 Å². The van der Waals surface area contributed by atoms with Crippen LogP contribution in [0.4, 0.5) is 5.69 Å². The number of rotatable bonds is 8. The van der Waals surface area contributed by atoms with E-state index < -0.39 is 0 Å². The monoisotopic (exact) mass is 370 g/mol. The summed E-state index contributed by atoms with van der Waals surface area (Å²) in [6.07, 6.45) is 0.934. The molecule has 3 rings (SSSR count). The van der Waals surface area contributed by atoms with Gasteiger partial charge in [-0.2, -0.15) is 0 Å². The summed E-state index contributed by atoms with van der Waals surface area (Å²) in [6, 6.07) is 11.6. The number of anilines is 1. The van der Waals surface area contributed by atoms with Crippen molar-refractivity contribution < 1.29 is 9.21 Å². The van der Waals surface area contributed by atoms with Gasteiger partial charge in [-0.15, -0.1) is 21.5 Å². The van der Waals surface area contributed by atoms with Gasteiger partial charge in [-0.1, -0.05) is 31.2 Å². The predicted molar refractivity (Wildman–Crippen MR) is 103 cm³/mol. The molecule has 136 valence electrons. The van der Waals surface area contributed by atoms with Crippen molar-refractivity contribution in [1.82, 2.24) is 15.1 Å². The Morgan fingerprint density at radius 2 is 2.08 bits per heavy atom. The molecule has 0 aliphatic heterocycles. The highest BCUT2D eigenvalue weighted by atomic mass is 32.1. The van der Waals surface area contributed by atoms with E-state index in [-0.39, 0.29) is 12.5 Å². The number of carbonyl (C=O) groups excluding carboxylic acids is 1. The van der Waals surface area contributed by atoms with Crippen molar-refractivity contribution in [2.45, 2.75) is 26.8 Å². The maximum absolute atomic E-state index is 12.4. The van der Waals surface area contributed by atoms with Crippen molar-refractivity contribution in [2.24, 2.45) is 0 Å². The second-order valence-electron chi connectivity index (χ2n) is 6.05. The van der Waals surface area contributed by atoms with E-state index in [4.69, 9.17) is 4.42 Å². The Labute approximate surface area is 156 Å². The smallest absolute Gasteiger partial charge is 0.257 e. The molecule has 2 aromatic heterocycles. The Morgan fingerprint density at radius 1 is 1.23 bits per heavy atom. The van der Waals surface area contributed by atoms with Gasteiger partial charge < -0.3 is 9.73 Å². The van der Waals surface area contributed by atoms with Crippen molar-refractivity contribution in [3.05, 3.63) is 53.2 Å². The molecule has 0 bridgehead atoms. The quantitative estimate of drug-likeness (QED) is 0.650. The van der Waals surface area contributed by atoms with Gasteiger partial charge in [-0.05, 0) is 43.0 Å². The normalized spacial score (nSPS) is 11.0. The average molecular weight is 370 g/mol. The second-order valence-corrected chi connectivity index (χ2v) is 7.00. The average Bonchev–Trinajstić information content (AvgIpc) is 3.28. The maximum Gasteiger partial charge on any atom is 0.257 e. The van der Waals surface area contributed by atoms with Crippen LogP contribution in [0.25, 0.3) is 10.8 Å². The molecule has 0 fully saturated rings. The highest BCUT2D eigenvalue weighted by molar-refractivity contribution is 7.13. The third-order valence-corrected chi connectivity index (χ3v) is 4.74. The van der Waals surface area contributed by atoms with Gasteiger partial charge >= 0.3 is 0 Å². The minimum absolute atomic E-state index is 0.0502. The molecule has 0 aliphatic carbocycles. The van der Waals surface area contributed by atoms with E-state index in [2.05, 4.69) is 22.4 Å². The summed E-state index contributed by atoms with van der Waals surface area (Å²) in [7, 11) is 0. The van der Waals surface area contributed by atoms with Gasteiger partial charge in [0.05, 0.1) is 18.0 Å². The molecular formula is C19H22N4O2S. The number of nitrogens with one attached hydrogen (secondary N) is 1. The van der Waals surface area contributed by atoms with Crippen LogP contribution in [0.1, 0.15) is 24.8 Å². The predicted octanol–water partition coefficient (Wildman–Crippen LogP) is 3.96. The molecule has 0 spiro atoms. The second kappa shape index (κ2) is 8.73. The summed E-state index contributed by atoms with van der Waals surface area (Å²) < 4.78 is 5.74. The number of aryl methyl sites for hydroxylation is 1. The molecule has 0 radical (unpaired) electrons. The van der Waals surface area contributed by atoms with E-state index >= 15 is 0 Å². The lowest BCUT2D eigenvalue weighted by Gasteiger charge is -2.19. The highest BCUT2D eigenvalue weighted by Gasteiger charge is 2.16. The number of aromatic nitrogens is 2. The van der Waals surface area contributed by atoms with Gasteiger partial charge in [0.1, 0.15) is 0 Å². The molecule has 0 saturated carbocycles. The minimum atomic E-state index is -0.0502. The lowest BCUT2D eigenvalue weighted by molar-refractivity contribution is -0.117. The fraction of sp³-hybridized carbons (Fsp3) is 0.316. The highest BCUT2D eigenvalue weighted by Crippen LogP contribution is 2.23. The van der Waals surface area contributed by atoms with Gasteiger partial charge in [-0.3, -0.25) is 9.69 Å². The number of carbonyl (C=O) groups is 1. The Hall–Kier alpha value is -2.51. The third-order valence-electron chi connectivity index (χ3n) is 3.88. The number of benzene rings is 1. The third kappa shape index (κ3) is 4.77. The van der Waals surface area contributed by atoms with Crippen molar-refractivity contribution >= 4 is 22.9 Å². The topological polar surface area (TPSA) is 71.3 Å². The number of hydrogen-bond acceptors (Lipinski definition) is 6. The number of para-hydroxylation sites is 1. The molecule has 26 heavy (non-hydrogen) atoms. The maximum atomic E-state index is 12.4. The van der Waals surface area contributed by atoms with Gasteiger partial charge in [0.15, 0.2) is 0 Å². The molecule has 0 saturated heterocycles. The minimum Gasteiger partial charge on any atom is -0.419 e. The van der Waals surface area contributed by atoms with E-state index in [9.17, 15) is 4.79 Å². The Kier molecular flexibility index (Phi) is 6.14. The summed E-state index contributed by atoms with van der Waals surface area (Å²) in [6.45, 7) is 5.56. The zero-order chi connectivity index (χ0) is 18.4. The van der Waals surface area contributed by atoms with Gasteiger partial charge in [0.25, 0.3) is 5.89 Å². The summed E-state index contributed by atoms with van der Waals surface area (Å²) in [5, 5.41) is 13.2. The van der Waals surface area contributed by atoms with Crippen LogP contribution in [-0.4, -0.2) is 34.1 Å². The fourth-order valence-electron chi connectivity index (χ4n) is 2.64. The molecule has 2 heterocycles. The largest absolute Gasteiger partial charge is 0.419 e. The molecule has 7 heteroatoms. The van der Waals surface area contributed by atoms with E-state index in [0.29, 0.717) is 18.3 Å². The first kappa shape index (κ1) is 18.3. The first-order valence-corrected chi connectivity index (χ1v) is 9.47. The van der Waals surface area contributed by atoms with E-state index in [1.165, 1.54) is 0 Å². The van der Waals surface area contributed by atoms with E-state index in [0.717, 1.165) is 29.1 Å². The molecule has 1 amide bonds. The molecule has 1 N–H and O–H groups in total. The number of hydrogen-bond donors (Lipinski definition) is 1. The molecule has 0 unspecified atom stereocenters. The van der Waals surface area contributed by atoms with Crippen LogP contribution in [0, 0.1) is 6.92 Å². The van der Waals surface area contributed by atoms with Crippen LogP contribution in [-0.2, 0) is 11.3 Å². The summed E-state index contributed by atoms with van der Waals surface area (Å²) in [5.41, 5.74) is 1.88. The zero-order valence-corrected chi connectivity index (χ0v) is 15.8. The number of thiophene rings is 1. The molecule has 3 aromatic rings.